The Labute approximate surface area is 137 Å². The second kappa shape index (κ2) is 8.36. The van der Waals surface area contributed by atoms with Crippen molar-refractivity contribution in [2.24, 2.45) is 0 Å². The molecule has 0 saturated carbocycles. The topological polar surface area (TPSA) is 70.6 Å². The molecule has 1 aromatic rings. The maximum atomic E-state index is 11.3. The van der Waals surface area contributed by atoms with Crippen LogP contribution in [-0.4, -0.2) is 35.8 Å². The molecule has 6 heteroatoms. The molecule has 0 aromatic heterocycles. The molecule has 0 aliphatic carbocycles. The van der Waals surface area contributed by atoms with E-state index in [1.54, 1.807) is 25.1 Å². The SMILES string of the molecule is CCC(=O)Nc1ccc(OCC(O)CNC(C)(C)C)c(Cl)c1. The maximum Gasteiger partial charge on any atom is 0.224 e. The summed E-state index contributed by atoms with van der Waals surface area (Å²) in [7, 11) is 0. The first-order valence-electron chi connectivity index (χ1n) is 7.36. The lowest BCUT2D eigenvalue weighted by Crippen LogP contribution is -2.42. The van der Waals surface area contributed by atoms with Crippen molar-refractivity contribution >= 4 is 23.2 Å². The molecular formula is C16H25ClN2O3. The summed E-state index contributed by atoms with van der Waals surface area (Å²) in [5.74, 6) is 0.402. The normalized spacial score (nSPS) is 12.8. The molecule has 1 amide bonds. The van der Waals surface area contributed by atoms with Crippen LogP contribution in [0.3, 0.4) is 0 Å². The summed E-state index contributed by atoms with van der Waals surface area (Å²) < 4.78 is 5.52. The zero-order valence-electron chi connectivity index (χ0n) is 13.6. The van der Waals surface area contributed by atoms with E-state index in [4.69, 9.17) is 16.3 Å². The molecule has 0 spiro atoms. The Kier molecular flexibility index (Phi) is 7.13. The molecular weight excluding hydrogens is 304 g/mol. The minimum absolute atomic E-state index is 0.0578. The Hall–Kier alpha value is -1.30. The fourth-order valence-electron chi connectivity index (χ4n) is 1.61. The minimum atomic E-state index is -0.630. The van der Waals surface area contributed by atoms with Gasteiger partial charge in [-0.3, -0.25) is 4.79 Å². The van der Waals surface area contributed by atoms with Gasteiger partial charge in [0.05, 0.1) is 5.02 Å². The summed E-state index contributed by atoms with van der Waals surface area (Å²) in [5, 5.41) is 16.2. The minimum Gasteiger partial charge on any atom is -0.489 e. The molecule has 0 saturated heterocycles. The molecule has 22 heavy (non-hydrogen) atoms. The zero-order valence-corrected chi connectivity index (χ0v) is 14.3. The third-order valence-corrected chi connectivity index (χ3v) is 3.13. The lowest BCUT2D eigenvalue weighted by molar-refractivity contribution is -0.115. The number of ether oxygens (including phenoxy) is 1. The average Bonchev–Trinajstić information content (AvgIpc) is 2.43. The van der Waals surface area contributed by atoms with Gasteiger partial charge in [0, 0.05) is 24.2 Å². The Bertz CT molecular complexity index is 501. The Morgan fingerprint density at radius 2 is 2.09 bits per heavy atom. The highest BCUT2D eigenvalue weighted by molar-refractivity contribution is 6.32. The van der Waals surface area contributed by atoms with Gasteiger partial charge >= 0.3 is 0 Å². The van der Waals surface area contributed by atoms with Gasteiger partial charge in [-0.1, -0.05) is 18.5 Å². The van der Waals surface area contributed by atoms with E-state index in [0.717, 1.165) is 0 Å². The molecule has 0 radical (unpaired) electrons. The van der Waals surface area contributed by atoms with E-state index in [-0.39, 0.29) is 18.1 Å². The van der Waals surface area contributed by atoms with Crippen molar-refractivity contribution in [3.8, 4) is 5.75 Å². The summed E-state index contributed by atoms with van der Waals surface area (Å²) >= 11 is 6.12. The number of anilines is 1. The van der Waals surface area contributed by atoms with Crippen LogP contribution in [0.4, 0.5) is 5.69 Å². The zero-order chi connectivity index (χ0) is 16.8. The molecule has 0 aliphatic heterocycles. The highest BCUT2D eigenvalue weighted by atomic mass is 35.5. The number of carbonyl (C=O) groups excluding carboxylic acids is 1. The molecule has 1 aromatic carbocycles. The van der Waals surface area contributed by atoms with Gasteiger partial charge in [0.1, 0.15) is 18.5 Å². The lowest BCUT2D eigenvalue weighted by Gasteiger charge is -2.23. The number of amides is 1. The molecule has 0 bridgehead atoms. The number of hydrogen-bond acceptors (Lipinski definition) is 4. The quantitative estimate of drug-likeness (QED) is 0.720. The van der Waals surface area contributed by atoms with Crippen LogP contribution < -0.4 is 15.4 Å². The van der Waals surface area contributed by atoms with Crippen LogP contribution >= 0.6 is 11.6 Å². The number of halogens is 1. The maximum absolute atomic E-state index is 11.3. The number of β-amino-alcohol motifs (C(OH)–C–C–N with tert-alkyl or cyclic N) is 1. The van der Waals surface area contributed by atoms with Gasteiger partial charge in [-0.25, -0.2) is 0 Å². The summed E-state index contributed by atoms with van der Waals surface area (Å²) in [6.45, 7) is 8.44. The molecule has 0 heterocycles. The molecule has 1 unspecified atom stereocenters. The monoisotopic (exact) mass is 328 g/mol. The van der Waals surface area contributed by atoms with Crippen molar-refractivity contribution in [3.63, 3.8) is 0 Å². The Morgan fingerprint density at radius 1 is 1.41 bits per heavy atom. The molecule has 0 fully saturated rings. The first-order chi connectivity index (χ1) is 10.2. The number of aliphatic hydroxyl groups is 1. The van der Waals surface area contributed by atoms with Crippen LogP contribution in [0.2, 0.25) is 5.02 Å². The van der Waals surface area contributed by atoms with E-state index >= 15 is 0 Å². The van der Waals surface area contributed by atoms with Crippen LogP contribution in [0.1, 0.15) is 34.1 Å². The summed E-state index contributed by atoms with van der Waals surface area (Å²) in [5.41, 5.74) is 0.566. The van der Waals surface area contributed by atoms with Crippen molar-refractivity contribution in [1.29, 1.82) is 0 Å². The number of benzene rings is 1. The molecule has 5 nitrogen and oxygen atoms in total. The van der Waals surface area contributed by atoms with Gasteiger partial charge in [-0.15, -0.1) is 0 Å². The van der Waals surface area contributed by atoms with E-state index in [0.29, 0.717) is 29.4 Å². The highest BCUT2D eigenvalue weighted by Gasteiger charge is 2.13. The fraction of sp³-hybridized carbons (Fsp3) is 0.562. The molecule has 1 rings (SSSR count). The van der Waals surface area contributed by atoms with Crippen LogP contribution in [0.25, 0.3) is 0 Å². The van der Waals surface area contributed by atoms with Gasteiger partial charge < -0.3 is 20.5 Å². The second-order valence-electron chi connectivity index (χ2n) is 6.14. The predicted molar refractivity (Wildman–Crippen MR) is 89.6 cm³/mol. The predicted octanol–water partition coefficient (Wildman–Crippen LogP) is 2.82. The molecule has 3 N–H and O–H groups in total. The van der Waals surface area contributed by atoms with Gasteiger partial charge in [-0.05, 0) is 39.0 Å². The van der Waals surface area contributed by atoms with Crippen LogP contribution in [0.15, 0.2) is 18.2 Å². The fourth-order valence-corrected chi connectivity index (χ4v) is 1.85. The summed E-state index contributed by atoms with van der Waals surface area (Å²) in [4.78, 5) is 11.3. The molecule has 0 aliphatic rings. The van der Waals surface area contributed by atoms with E-state index in [1.165, 1.54) is 0 Å². The van der Waals surface area contributed by atoms with Crippen molar-refractivity contribution in [1.82, 2.24) is 5.32 Å². The third-order valence-electron chi connectivity index (χ3n) is 2.84. The highest BCUT2D eigenvalue weighted by Crippen LogP contribution is 2.27. The van der Waals surface area contributed by atoms with E-state index < -0.39 is 6.10 Å². The van der Waals surface area contributed by atoms with E-state index in [9.17, 15) is 9.90 Å². The largest absolute Gasteiger partial charge is 0.489 e. The number of rotatable bonds is 7. The number of aliphatic hydroxyl groups excluding tert-OH is 1. The first kappa shape index (κ1) is 18.7. The number of carbonyl (C=O) groups is 1. The van der Waals surface area contributed by atoms with Gasteiger partial charge in [-0.2, -0.15) is 0 Å². The van der Waals surface area contributed by atoms with Crippen molar-refractivity contribution in [3.05, 3.63) is 23.2 Å². The van der Waals surface area contributed by atoms with Gasteiger partial charge in [0.15, 0.2) is 0 Å². The Balaban J connectivity index is 2.51. The molecule has 1 atom stereocenters. The standard InChI is InChI=1S/C16H25ClN2O3/c1-5-15(21)19-11-6-7-14(13(17)8-11)22-10-12(20)9-18-16(2,3)4/h6-8,12,18,20H,5,9-10H2,1-4H3,(H,19,21). The smallest absolute Gasteiger partial charge is 0.224 e. The average molecular weight is 329 g/mol. The molecule has 124 valence electrons. The van der Waals surface area contributed by atoms with Crippen molar-refractivity contribution < 1.29 is 14.6 Å². The van der Waals surface area contributed by atoms with E-state index in [1.807, 2.05) is 20.8 Å². The van der Waals surface area contributed by atoms with E-state index in [2.05, 4.69) is 10.6 Å². The van der Waals surface area contributed by atoms with Crippen LogP contribution in [0, 0.1) is 0 Å². The summed E-state index contributed by atoms with van der Waals surface area (Å²) in [6.07, 6.45) is -0.224. The van der Waals surface area contributed by atoms with Crippen LogP contribution in [0.5, 0.6) is 5.75 Å². The number of hydrogen-bond donors (Lipinski definition) is 3. The second-order valence-corrected chi connectivity index (χ2v) is 6.55. The van der Waals surface area contributed by atoms with Crippen molar-refractivity contribution in [2.45, 2.75) is 45.8 Å². The lowest BCUT2D eigenvalue weighted by atomic mass is 10.1. The number of nitrogens with one attached hydrogen (secondary N) is 2. The first-order valence-corrected chi connectivity index (χ1v) is 7.74. The van der Waals surface area contributed by atoms with Crippen LogP contribution in [-0.2, 0) is 4.79 Å². The summed E-state index contributed by atoms with van der Waals surface area (Å²) in [6, 6.07) is 5.02. The van der Waals surface area contributed by atoms with Gasteiger partial charge in [0.25, 0.3) is 0 Å². The van der Waals surface area contributed by atoms with Gasteiger partial charge in [0.2, 0.25) is 5.91 Å². The van der Waals surface area contributed by atoms with Crippen molar-refractivity contribution in [2.75, 3.05) is 18.5 Å². The third kappa shape index (κ3) is 7.11. The Morgan fingerprint density at radius 3 is 2.64 bits per heavy atom.